The van der Waals surface area contributed by atoms with Crippen LogP contribution in [0.2, 0.25) is 0 Å². The van der Waals surface area contributed by atoms with E-state index in [4.69, 9.17) is 14.9 Å². The molecule has 2 heterocycles. The van der Waals surface area contributed by atoms with Crippen LogP contribution in [0.25, 0.3) is 22.2 Å². The summed E-state index contributed by atoms with van der Waals surface area (Å²) >= 11 is 0. The van der Waals surface area contributed by atoms with Gasteiger partial charge in [0.05, 0.1) is 11.2 Å². The minimum Gasteiger partial charge on any atom is -0.483 e. The number of pyridine rings is 1. The highest BCUT2D eigenvalue weighted by Gasteiger charge is 2.09. The van der Waals surface area contributed by atoms with Gasteiger partial charge in [0.2, 0.25) is 0 Å². The number of fused-ring (bicyclic) bond motifs is 1. The van der Waals surface area contributed by atoms with Gasteiger partial charge < -0.3 is 10.0 Å². The van der Waals surface area contributed by atoms with E-state index in [0.717, 1.165) is 22.6 Å². The molecule has 0 saturated carbocycles. The van der Waals surface area contributed by atoms with E-state index in [1.54, 1.807) is 0 Å². The van der Waals surface area contributed by atoms with E-state index in [1.807, 2.05) is 19.3 Å². The normalized spacial score (nSPS) is 10.1. The van der Waals surface area contributed by atoms with Crippen molar-refractivity contribution in [2.75, 3.05) is 19.0 Å². The number of aromatic nitrogens is 3. The summed E-state index contributed by atoms with van der Waals surface area (Å²) in [5.74, 6) is 0.770. The van der Waals surface area contributed by atoms with Crippen molar-refractivity contribution in [3.05, 3.63) is 47.5 Å². The topological polar surface area (TPSA) is 79.2 Å². The van der Waals surface area contributed by atoms with Crippen LogP contribution in [0, 0.1) is 20.8 Å². The molecule has 25 heavy (non-hydrogen) atoms. The third-order valence-electron chi connectivity index (χ3n) is 3.89. The van der Waals surface area contributed by atoms with E-state index >= 15 is 0 Å². The average Bonchev–Trinajstić information content (AvgIpc) is 2.56. The first-order chi connectivity index (χ1) is 11.9. The van der Waals surface area contributed by atoms with E-state index in [9.17, 15) is 0 Å². The summed E-state index contributed by atoms with van der Waals surface area (Å²) in [6.07, 6.45) is 3.66. The Balaban J connectivity index is 0.000000701. The molecule has 0 unspecified atom stereocenters. The van der Waals surface area contributed by atoms with Gasteiger partial charge in [-0.3, -0.25) is 4.79 Å². The first-order valence-corrected chi connectivity index (χ1v) is 7.83. The maximum Gasteiger partial charge on any atom is 0.290 e. The van der Waals surface area contributed by atoms with Crippen molar-refractivity contribution in [3.8, 4) is 11.3 Å². The van der Waals surface area contributed by atoms with Crippen molar-refractivity contribution < 1.29 is 9.90 Å². The zero-order valence-corrected chi connectivity index (χ0v) is 15.1. The molecule has 1 aromatic carbocycles. The standard InChI is InChI=1S/C18H20N4.CH2O2/c1-11-7-16(14-9-19-13(3)20-10-14)21-17-8-18(22(4)5)12(2)6-15(11)17;2-1-3/h6-10H,1-5H3;1H,(H,2,3). The van der Waals surface area contributed by atoms with E-state index in [1.165, 1.54) is 22.2 Å². The van der Waals surface area contributed by atoms with Crippen LogP contribution >= 0.6 is 0 Å². The van der Waals surface area contributed by atoms with E-state index in [-0.39, 0.29) is 6.47 Å². The molecule has 6 nitrogen and oxygen atoms in total. The van der Waals surface area contributed by atoms with Gasteiger partial charge in [0.25, 0.3) is 6.47 Å². The monoisotopic (exact) mass is 338 g/mol. The molecule has 0 saturated heterocycles. The fourth-order valence-corrected chi connectivity index (χ4v) is 2.69. The summed E-state index contributed by atoms with van der Waals surface area (Å²) in [5, 5.41) is 8.08. The molecule has 6 heteroatoms. The Morgan fingerprint density at radius 3 is 2.16 bits per heavy atom. The molecule has 0 aliphatic carbocycles. The number of aryl methyl sites for hydroxylation is 3. The SMILES string of the molecule is Cc1ncc(-c2cc(C)c3cc(C)c(N(C)C)cc3n2)cn1.O=CO. The largest absolute Gasteiger partial charge is 0.483 e. The lowest BCUT2D eigenvalue weighted by atomic mass is 10.0. The molecule has 0 spiro atoms. The van der Waals surface area contributed by atoms with Crippen LogP contribution in [0.4, 0.5) is 5.69 Å². The van der Waals surface area contributed by atoms with Gasteiger partial charge in [-0.05, 0) is 50.1 Å². The van der Waals surface area contributed by atoms with Gasteiger partial charge in [0.1, 0.15) is 5.82 Å². The van der Waals surface area contributed by atoms with Crippen molar-refractivity contribution in [1.82, 2.24) is 15.0 Å². The molecular weight excluding hydrogens is 316 g/mol. The fourth-order valence-electron chi connectivity index (χ4n) is 2.69. The summed E-state index contributed by atoms with van der Waals surface area (Å²) in [7, 11) is 4.11. The minimum absolute atomic E-state index is 0.250. The summed E-state index contributed by atoms with van der Waals surface area (Å²) in [4.78, 5) is 23.8. The molecule has 3 rings (SSSR count). The first kappa shape index (κ1) is 18.3. The molecule has 0 bridgehead atoms. The van der Waals surface area contributed by atoms with Crippen LogP contribution in [0.5, 0.6) is 0 Å². The summed E-state index contributed by atoms with van der Waals surface area (Å²) < 4.78 is 0. The third kappa shape index (κ3) is 4.09. The zero-order valence-electron chi connectivity index (χ0n) is 15.1. The quantitative estimate of drug-likeness (QED) is 0.722. The van der Waals surface area contributed by atoms with Gasteiger partial charge in [0.15, 0.2) is 0 Å². The second kappa shape index (κ2) is 7.70. The predicted octanol–water partition coefficient (Wildman–Crippen LogP) is 3.38. The summed E-state index contributed by atoms with van der Waals surface area (Å²) in [6.45, 7) is 5.89. The van der Waals surface area contributed by atoms with E-state index in [0.29, 0.717) is 0 Å². The Bertz CT molecular complexity index is 890. The van der Waals surface area contributed by atoms with Gasteiger partial charge in [-0.25, -0.2) is 15.0 Å². The smallest absolute Gasteiger partial charge is 0.290 e. The predicted molar refractivity (Wildman–Crippen MR) is 100.0 cm³/mol. The van der Waals surface area contributed by atoms with E-state index < -0.39 is 0 Å². The highest BCUT2D eigenvalue weighted by molar-refractivity contribution is 5.89. The van der Waals surface area contributed by atoms with Crippen LogP contribution in [0.1, 0.15) is 17.0 Å². The maximum absolute atomic E-state index is 8.36. The van der Waals surface area contributed by atoms with Crippen molar-refractivity contribution in [2.45, 2.75) is 20.8 Å². The van der Waals surface area contributed by atoms with Gasteiger partial charge in [-0.1, -0.05) is 0 Å². The molecule has 0 aliphatic heterocycles. The summed E-state index contributed by atoms with van der Waals surface area (Å²) in [6, 6.07) is 6.46. The molecule has 1 N–H and O–H groups in total. The Kier molecular flexibility index (Phi) is 5.64. The Morgan fingerprint density at radius 2 is 1.60 bits per heavy atom. The van der Waals surface area contributed by atoms with Crippen LogP contribution in [0.3, 0.4) is 0 Å². The molecule has 2 aromatic heterocycles. The molecule has 0 aliphatic rings. The van der Waals surface area contributed by atoms with Crippen LogP contribution < -0.4 is 4.90 Å². The molecule has 0 fully saturated rings. The first-order valence-electron chi connectivity index (χ1n) is 7.83. The van der Waals surface area contributed by atoms with Gasteiger partial charge in [-0.15, -0.1) is 0 Å². The van der Waals surface area contributed by atoms with Crippen molar-refractivity contribution in [2.24, 2.45) is 0 Å². The van der Waals surface area contributed by atoms with Crippen LogP contribution in [-0.4, -0.2) is 40.6 Å². The lowest BCUT2D eigenvalue weighted by molar-refractivity contribution is -0.122. The number of anilines is 1. The molecule has 3 aromatic rings. The third-order valence-corrected chi connectivity index (χ3v) is 3.89. The highest BCUT2D eigenvalue weighted by atomic mass is 16.3. The van der Waals surface area contributed by atoms with Crippen molar-refractivity contribution >= 4 is 23.1 Å². The molecule has 0 amide bonds. The number of hydrogen-bond donors (Lipinski definition) is 1. The summed E-state index contributed by atoms with van der Waals surface area (Å²) in [5.41, 5.74) is 6.53. The number of nitrogens with zero attached hydrogens (tertiary/aromatic N) is 4. The van der Waals surface area contributed by atoms with Crippen LogP contribution in [0.15, 0.2) is 30.6 Å². The Hall–Kier alpha value is -3.02. The number of benzene rings is 1. The average molecular weight is 338 g/mol. The maximum atomic E-state index is 8.36. The molecule has 0 radical (unpaired) electrons. The molecular formula is C19H22N4O2. The Labute approximate surface area is 147 Å². The van der Waals surface area contributed by atoms with Gasteiger partial charge >= 0.3 is 0 Å². The number of carbonyl (C=O) groups is 1. The number of carboxylic acid groups (broad SMARTS) is 1. The molecule has 0 atom stereocenters. The second-order valence-corrected chi connectivity index (χ2v) is 6.00. The number of hydrogen-bond acceptors (Lipinski definition) is 5. The van der Waals surface area contributed by atoms with Crippen molar-refractivity contribution in [1.29, 1.82) is 0 Å². The Morgan fingerprint density at radius 1 is 1.00 bits per heavy atom. The highest BCUT2D eigenvalue weighted by Crippen LogP contribution is 2.29. The van der Waals surface area contributed by atoms with Gasteiger partial charge in [0, 0.05) is 43.1 Å². The van der Waals surface area contributed by atoms with Crippen molar-refractivity contribution in [3.63, 3.8) is 0 Å². The minimum atomic E-state index is -0.250. The van der Waals surface area contributed by atoms with Gasteiger partial charge in [-0.2, -0.15) is 0 Å². The zero-order chi connectivity index (χ0) is 18.6. The lowest BCUT2D eigenvalue weighted by Crippen LogP contribution is -2.10. The lowest BCUT2D eigenvalue weighted by Gasteiger charge is -2.17. The van der Waals surface area contributed by atoms with Crippen LogP contribution in [-0.2, 0) is 4.79 Å². The molecule has 130 valence electrons. The van der Waals surface area contributed by atoms with E-state index in [2.05, 4.69) is 61.0 Å². The second-order valence-electron chi connectivity index (χ2n) is 6.00. The number of rotatable bonds is 2. The fraction of sp³-hybridized carbons (Fsp3) is 0.263.